The normalized spacial score (nSPS) is 10.6. The van der Waals surface area contributed by atoms with Crippen LogP contribution in [0.2, 0.25) is 0 Å². The van der Waals surface area contributed by atoms with Crippen molar-refractivity contribution >= 4 is 46.3 Å². The third-order valence-corrected chi connectivity index (χ3v) is 4.49. The summed E-state index contributed by atoms with van der Waals surface area (Å²) in [5.41, 5.74) is 4.73. The molecule has 0 aliphatic rings. The Kier molecular flexibility index (Phi) is 7.59. The second-order valence-electron chi connectivity index (χ2n) is 5.71. The molecule has 0 aliphatic heterocycles. The van der Waals surface area contributed by atoms with Gasteiger partial charge in [-0.05, 0) is 58.8 Å². The predicted molar refractivity (Wildman–Crippen MR) is 112 cm³/mol. The van der Waals surface area contributed by atoms with Gasteiger partial charge in [-0.15, -0.1) is 0 Å². The molecule has 0 saturated carbocycles. The first kappa shape index (κ1) is 20.7. The number of hydrogen-bond acceptors (Lipinski definition) is 5. The molecule has 2 aromatic rings. The summed E-state index contributed by atoms with van der Waals surface area (Å²) in [5.74, 6) is -0.227. The van der Waals surface area contributed by atoms with Crippen LogP contribution in [0.3, 0.4) is 0 Å². The van der Waals surface area contributed by atoms with Crippen molar-refractivity contribution in [3.05, 3.63) is 51.1 Å². The molecule has 0 unspecified atom stereocenters. The summed E-state index contributed by atoms with van der Waals surface area (Å²) in [5, 5.41) is 16.4. The molecular formula is C19H20IN3O4. The van der Waals surface area contributed by atoms with Gasteiger partial charge in [0.25, 0.3) is 0 Å². The molecule has 2 amide bonds. The van der Waals surface area contributed by atoms with Crippen LogP contribution in [0.4, 0.5) is 5.69 Å². The summed E-state index contributed by atoms with van der Waals surface area (Å²) >= 11 is 1.97. The van der Waals surface area contributed by atoms with E-state index in [1.807, 2.05) is 53.8 Å². The molecule has 0 atom stereocenters. The van der Waals surface area contributed by atoms with Gasteiger partial charge in [-0.3, -0.25) is 9.59 Å². The van der Waals surface area contributed by atoms with Gasteiger partial charge in [0.2, 0.25) is 11.8 Å². The number of benzene rings is 2. The molecule has 142 valence electrons. The van der Waals surface area contributed by atoms with Gasteiger partial charge < -0.3 is 15.2 Å². The van der Waals surface area contributed by atoms with Crippen molar-refractivity contribution in [1.29, 1.82) is 0 Å². The summed E-state index contributed by atoms with van der Waals surface area (Å²) in [4.78, 5) is 23.8. The number of halogens is 1. The third kappa shape index (κ3) is 6.24. The van der Waals surface area contributed by atoms with E-state index in [9.17, 15) is 14.7 Å². The zero-order valence-electron chi connectivity index (χ0n) is 15.0. The molecule has 0 aromatic heterocycles. The maximum atomic E-state index is 11.9. The Morgan fingerprint density at radius 1 is 1.22 bits per heavy atom. The van der Waals surface area contributed by atoms with Crippen LogP contribution < -0.4 is 15.5 Å². The highest BCUT2D eigenvalue weighted by Gasteiger charge is 2.09. The number of rotatable bonds is 7. The highest BCUT2D eigenvalue weighted by molar-refractivity contribution is 14.1. The number of phenols is 1. The molecule has 0 bridgehead atoms. The minimum Gasteiger partial charge on any atom is -0.504 e. The zero-order valence-corrected chi connectivity index (χ0v) is 17.1. The first-order valence-electron chi connectivity index (χ1n) is 8.14. The number of aryl methyl sites for hydroxylation is 1. The van der Waals surface area contributed by atoms with Crippen LogP contribution in [0.1, 0.15) is 24.0 Å². The first-order valence-corrected chi connectivity index (χ1v) is 9.22. The Hall–Kier alpha value is -2.62. The van der Waals surface area contributed by atoms with Crippen LogP contribution >= 0.6 is 22.6 Å². The smallest absolute Gasteiger partial charge is 0.240 e. The predicted octanol–water partition coefficient (Wildman–Crippen LogP) is 3.18. The van der Waals surface area contributed by atoms with E-state index in [0.29, 0.717) is 14.9 Å². The number of anilines is 1. The molecule has 27 heavy (non-hydrogen) atoms. The average Bonchev–Trinajstić information content (AvgIpc) is 2.64. The number of hydrogen-bond donors (Lipinski definition) is 3. The van der Waals surface area contributed by atoms with E-state index in [2.05, 4.69) is 15.8 Å². The molecule has 3 N–H and O–H groups in total. The molecule has 0 aliphatic carbocycles. The highest BCUT2D eigenvalue weighted by Crippen LogP contribution is 2.31. The monoisotopic (exact) mass is 481 g/mol. The molecule has 2 rings (SSSR count). The SMILES string of the molecule is COc1cc(C=NNC(=O)CCC(=O)Nc2ccccc2C)cc(I)c1O. The van der Waals surface area contributed by atoms with Crippen molar-refractivity contribution in [3.63, 3.8) is 0 Å². The Balaban J connectivity index is 1.82. The quantitative estimate of drug-likeness (QED) is 0.321. The Labute approximate surface area is 171 Å². The largest absolute Gasteiger partial charge is 0.504 e. The van der Waals surface area contributed by atoms with Crippen molar-refractivity contribution in [2.75, 3.05) is 12.4 Å². The molecule has 0 fully saturated rings. The van der Waals surface area contributed by atoms with E-state index in [0.717, 1.165) is 11.3 Å². The van der Waals surface area contributed by atoms with E-state index in [4.69, 9.17) is 4.74 Å². The van der Waals surface area contributed by atoms with Crippen LogP contribution in [0.5, 0.6) is 11.5 Å². The Bertz CT molecular complexity index is 868. The fraction of sp³-hybridized carbons (Fsp3) is 0.211. The van der Waals surface area contributed by atoms with Crippen molar-refractivity contribution < 1.29 is 19.4 Å². The summed E-state index contributed by atoms with van der Waals surface area (Å²) in [6.45, 7) is 1.90. The summed E-state index contributed by atoms with van der Waals surface area (Å²) in [6.07, 6.45) is 1.52. The van der Waals surface area contributed by atoms with Crippen molar-refractivity contribution in [2.24, 2.45) is 5.10 Å². The lowest BCUT2D eigenvalue weighted by molar-refractivity contribution is -0.124. The number of hydrazone groups is 1. The van der Waals surface area contributed by atoms with Crippen LogP contribution in [0, 0.1) is 10.5 Å². The maximum Gasteiger partial charge on any atom is 0.240 e. The second kappa shape index (κ2) is 9.91. The molecule has 7 nitrogen and oxygen atoms in total. The number of nitrogens with zero attached hydrogens (tertiary/aromatic N) is 1. The lowest BCUT2D eigenvalue weighted by atomic mass is 10.2. The van der Waals surface area contributed by atoms with E-state index < -0.39 is 0 Å². The fourth-order valence-electron chi connectivity index (χ4n) is 2.21. The molecular weight excluding hydrogens is 461 g/mol. The van der Waals surface area contributed by atoms with Gasteiger partial charge in [-0.25, -0.2) is 5.43 Å². The summed E-state index contributed by atoms with van der Waals surface area (Å²) in [7, 11) is 1.45. The minimum atomic E-state index is -0.369. The minimum absolute atomic E-state index is 0.0193. The van der Waals surface area contributed by atoms with Gasteiger partial charge in [0.15, 0.2) is 11.5 Å². The number of methoxy groups -OCH3 is 1. The molecule has 0 radical (unpaired) electrons. The van der Waals surface area contributed by atoms with Crippen LogP contribution in [-0.2, 0) is 9.59 Å². The molecule has 0 spiro atoms. The van der Waals surface area contributed by atoms with Gasteiger partial charge in [-0.1, -0.05) is 18.2 Å². The van der Waals surface area contributed by atoms with Gasteiger partial charge in [0.05, 0.1) is 16.9 Å². The zero-order chi connectivity index (χ0) is 19.8. The van der Waals surface area contributed by atoms with E-state index in [1.165, 1.54) is 13.3 Å². The number of carbonyl (C=O) groups excluding carboxylic acids is 2. The number of phenolic OH excluding ortho intramolecular Hbond substituents is 1. The fourth-order valence-corrected chi connectivity index (χ4v) is 2.84. The average molecular weight is 481 g/mol. The van der Waals surface area contributed by atoms with Crippen molar-refractivity contribution in [1.82, 2.24) is 5.43 Å². The van der Waals surface area contributed by atoms with Gasteiger partial charge in [0, 0.05) is 18.5 Å². The standard InChI is InChI=1S/C19H20IN3O4/c1-12-5-3-4-6-15(12)22-17(24)7-8-18(25)23-21-11-13-9-14(20)19(26)16(10-13)27-2/h3-6,9-11,26H,7-8H2,1-2H3,(H,22,24)(H,23,25). The van der Waals surface area contributed by atoms with Crippen LogP contribution in [0.15, 0.2) is 41.5 Å². The highest BCUT2D eigenvalue weighted by atomic mass is 127. The van der Waals surface area contributed by atoms with Gasteiger partial charge >= 0.3 is 0 Å². The maximum absolute atomic E-state index is 11.9. The van der Waals surface area contributed by atoms with Gasteiger partial charge in [-0.2, -0.15) is 5.10 Å². The number of amides is 2. The lowest BCUT2D eigenvalue weighted by Gasteiger charge is -2.07. The van der Waals surface area contributed by atoms with Crippen LogP contribution in [-0.4, -0.2) is 30.2 Å². The number of ether oxygens (including phenoxy) is 1. The topological polar surface area (TPSA) is 100 Å². The summed E-state index contributed by atoms with van der Waals surface area (Å²) in [6, 6.07) is 10.7. The van der Waals surface area contributed by atoms with Crippen molar-refractivity contribution in [3.8, 4) is 11.5 Å². The Morgan fingerprint density at radius 2 is 1.93 bits per heavy atom. The number of para-hydroxylation sites is 1. The first-order chi connectivity index (χ1) is 12.9. The summed E-state index contributed by atoms with van der Waals surface area (Å²) < 4.78 is 5.67. The lowest BCUT2D eigenvalue weighted by Crippen LogP contribution is -2.20. The molecule has 8 heteroatoms. The van der Waals surface area contributed by atoms with E-state index in [-0.39, 0.29) is 30.4 Å². The second-order valence-corrected chi connectivity index (χ2v) is 6.87. The van der Waals surface area contributed by atoms with Crippen molar-refractivity contribution in [2.45, 2.75) is 19.8 Å². The third-order valence-electron chi connectivity index (χ3n) is 3.67. The van der Waals surface area contributed by atoms with E-state index in [1.54, 1.807) is 12.1 Å². The van der Waals surface area contributed by atoms with E-state index >= 15 is 0 Å². The van der Waals surface area contributed by atoms with Crippen LogP contribution in [0.25, 0.3) is 0 Å². The number of carbonyl (C=O) groups is 2. The molecule has 0 heterocycles. The molecule has 2 aromatic carbocycles. The Morgan fingerprint density at radius 3 is 2.63 bits per heavy atom. The molecule has 0 saturated heterocycles. The van der Waals surface area contributed by atoms with Gasteiger partial charge in [0.1, 0.15) is 0 Å². The number of aromatic hydroxyl groups is 1. The number of nitrogens with one attached hydrogen (secondary N) is 2.